The van der Waals surface area contributed by atoms with Crippen molar-refractivity contribution in [2.45, 2.75) is 26.4 Å². The second-order valence-electron chi connectivity index (χ2n) is 6.74. The van der Waals surface area contributed by atoms with E-state index in [2.05, 4.69) is 15.4 Å². The second kappa shape index (κ2) is 7.98. The summed E-state index contributed by atoms with van der Waals surface area (Å²) >= 11 is 0. The fourth-order valence-corrected chi connectivity index (χ4v) is 3.07. The molecule has 4 rings (SSSR count). The molecule has 2 aromatic heterocycles. The highest BCUT2D eigenvalue weighted by Crippen LogP contribution is 2.26. The third-order valence-corrected chi connectivity index (χ3v) is 4.52. The number of aryl methyl sites for hydroxylation is 1. The maximum atomic E-state index is 11.2. The molecule has 0 unspecified atom stereocenters. The Morgan fingerprint density at radius 3 is 2.93 bits per heavy atom. The molecule has 144 valence electrons. The van der Waals surface area contributed by atoms with Crippen LogP contribution in [0.5, 0.6) is 5.75 Å². The molecule has 0 saturated carbocycles. The number of Topliss-reactive ketones (excluding diaryl/α,β-unsaturated/α-hetero) is 1. The third kappa shape index (κ3) is 4.17. The van der Waals surface area contributed by atoms with Crippen LogP contribution in [0, 0.1) is 11.3 Å². The lowest BCUT2D eigenvalue weighted by Gasteiger charge is -2.07. The Morgan fingerprint density at radius 1 is 1.21 bits per heavy atom. The Kier molecular flexibility index (Phi) is 5.08. The molecule has 2 aromatic carbocycles. The van der Waals surface area contributed by atoms with Crippen molar-refractivity contribution < 1.29 is 13.9 Å². The van der Waals surface area contributed by atoms with Crippen molar-refractivity contribution in [3.8, 4) is 23.1 Å². The van der Waals surface area contributed by atoms with E-state index in [0.29, 0.717) is 30.9 Å². The number of benzene rings is 2. The van der Waals surface area contributed by atoms with E-state index in [9.17, 15) is 4.79 Å². The molecule has 2 heterocycles. The number of H-pyrrole nitrogens is 1. The van der Waals surface area contributed by atoms with E-state index < -0.39 is 0 Å². The number of aromatic amines is 1. The summed E-state index contributed by atoms with van der Waals surface area (Å²) in [4.78, 5) is 11.2. The minimum Gasteiger partial charge on any atom is -0.489 e. The first-order valence-corrected chi connectivity index (χ1v) is 9.17. The van der Waals surface area contributed by atoms with Crippen LogP contribution in [-0.4, -0.2) is 21.2 Å². The number of ketones is 1. The Morgan fingerprint density at radius 2 is 2.10 bits per heavy atom. The average molecular weight is 386 g/mol. The molecule has 0 bridgehead atoms. The van der Waals surface area contributed by atoms with Gasteiger partial charge in [-0.3, -0.25) is 0 Å². The number of nitrogens with one attached hydrogen (secondary N) is 1. The predicted molar refractivity (Wildman–Crippen MR) is 106 cm³/mol. The first-order valence-electron chi connectivity index (χ1n) is 9.17. The summed E-state index contributed by atoms with van der Waals surface area (Å²) in [6.07, 6.45) is 1.08. The Bertz CT molecular complexity index is 1220. The number of fused-ring (bicyclic) bond motifs is 1. The van der Waals surface area contributed by atoms with Crippen LogP contribution in [0.4, 0.5) is 0 Å². The lowest BCUT2D eigenvalue weighted by atomic mass is 10.1. The molecule has 0 aliphatic rings. The summed E-state index contributed by atoms with van der Waals surface area (Å²) in [5, 5.41) is 20.4. The van der Waals surface area contributed by atoms with Crippen LogP contribution in [0.25, 0.3) is 22.2 Å². The summed E-state index contributed by atoms with van der Waals surface area (Å²) in [5.41, 5.74) is 3.29. The van der Waals surface area contributed by atoms with E-state index in [1.54, 1.807) is 6.92 Å². The zero-order chi connectivity index (χ0) is 20.2. The van der Waals surface area contributed by atoms with Gasteiger partial charge in [-0.1, -0.05) is 18.2 Å². The van der Waals surface area contributed by atoms with Crippen molar-refractivity contribution in [1.29, 1.82) is 5.26 Å². The van der Waals surface area contributed by atoms with Gasteiger partial charge in [0.1, 0.15) is 41.2 Å². The molecule has 7 nitrogen and oxygen atoms in total. The minimum atomic E-state index is 0.147. The molecule has 0 fully saturated rings. The number of aromatic nitrogens is 3. The molecule has 0 atom stereocenters. The topological polar surface area (TPSA) is 105 Å². The Labute approximate surface area is 166 Å². The van der Waals surface area contributed by atoms with E-state index in [1.165, 1.54) is 0 Å². The monoisotopic (exact) mass is 386 g/mol. The van der Waals surface area contributed by atoms with Crippen LogP contribution in [0.15, 0.2) is 52.9 Å². The number of hydrogen-bond acceptors (Lipinski definition) is 6. The van der Waals surface area contributed by atoms with Gasteiger partial charge in [0.25, 0.3) is 0 Å². The second-order valence-corrected chi connectivity index (χ2v) is 6.74. The molecule has 29 heavy (non-hydrogen) atoms. The molecule has 0 radical (unpaired) electrons. The summed E-state index contributed by atoms with van der Waals surface area (Å²) in [6, 6.07) is 17.2. The van der Waals surface area contributed by atoms with Gasteiger partial charge in [0.15, 0.2) is 5.69 Å². The van der Waals surface area contributed by atoms with Gasteiger partial charge in [-0.15, -0.1) is 5.10 Å². The standard InChI is InChI=1S/C22H18N4O3/c1-14(27)5-7-19-11-17-9-15(6-8-21(17)29-19)13-28-18-4-2-3-16(10-18)22-20(12-23)24-26-25-22/h2-4,6,8-11H,5,7,13H2,1H3,(H,24,25,26). The van der Waals surface area contributed by atoms with Gasteiger partial charge in [-0.25, -0.2) is 0 Å². The average Bonchev–Trinajstić information content (AvgIpc) is 3.37. The fourth-order valence-electron chi connectivity index (χ4n) is 3.07. The number of hydrogen-bond donors (Lipinski definition) is 1. The molecule has 0 spiro atoms. The fraction of sp³-hybridized carbons (Fsp3) is 0.182. The maximum Gasteiger partial charge on any atom is 0.190 e. The first kappa shape index (κ1) is 18.4. The molecule has 7 heteroatoms. The predicted octanol–water partition coefficient (Wildman–Crippen LogP) is 4.19. The number of nitrogens with zero attached hydrogens (tertiary/aromatic N) is 3. The molecular formula is C22H18N4O3. The van der Waals surface area contributed by atoms with Crippen LogP contribution in [-0.2, 0) is 17.8 Å². The van der Waals surface area contributed by atoms with Crippen molar-refractivity contribution in [3.63, 3.8) is 0 Å². The molecule has 0 saturated heterocycles. The highest BCUT2D eigenvalue weighted by Gasteiger charge is 2.11. The zero-order valence-corrected chi connectivity index (χ0v) is 15.8. The number of nitriles is 1. The quantitative estimate of drug-likeness (QED) is 0.511. The van der Waals surface area contributed by atoms with E-state index >= 15 is 0 Å². The number of carbonyl (C=O) groups excluding carboxylic acids is 1. The first-order chi connectivity index (χ1) is 14.1. The zero-order valence-electron chi connectivity index (χ0n) is 15.8. The summed E-state index contributed by atoms with van der Waals surface area (Å²) in [6.45, 7) is 1.97. The summed E-state index contributed by atoms with van der Waals surface area (Å²) in [7, 11) is 0. The van der Waals surface area contributed by atoms with E-state index in [-0.39, 0.29) is 11.5 Å². The van der Waals surface area contributed by atoms with E-state index in [1.807, 2.05) is 54.6 Å². The highest BCUT2D eigenvalue weighted by atomic mass is 16.5. The van der Waals surface area contributed by atoms with Crippen molar-refractivity contribution in [2.24, 2.45) is 0 Å². The summed E-state index contributed by atoms with van der Waals surface area (Å²) in [5.74, 6) is 1.62. The molecule has 1 N–H and O–H groups in total. The molecule has 0 amide bonds. The van der Waals surface area contributed by atoms with Gasteiger partial charge in [-0.05, 0) is 42.8 Å². The molecule has 0 aliphatic heterocycles. The van der Waals surface area contributed by atoms with Crippen molar-refractivity contribution >= 4 is 16.8 Å². The largest absolute Gasteiger partial charge is 0.489 e. The van der Waals surface area contributed by atoms with Crippen LogP contribution >= 0.6 is 0 Å². The van der Waals surface area contributed by atoms with Crippen molar-refractivity contribution in [3.05, 3.63) is 65.5 Å². The van der Waals surface area contributed by atoms with Crippen LogP contribution in [0.1, 0.15) is 30.4 Å². The normalized spacial score (nSPS) is 10.8. The van der Waals surface area contributed by atoms with Crippen molar-refractivity contribution in [2.75, 3.05) is 0 Å². The lowest BCUT2D eigenvalue weighted by Crippen LogP contribution is -1.95. The third-order valence-electron chi connectivity index (χ3n) is 4.52. The smallest absolute Gasteiger partial charge is 0.190 e. The SMILES string of the molecule is CC(=O)CCc1cc2cc(COc3cccc(-c4n[nH]nc4C#N)c3)ccc2o1. The van der Waals surface area contributed by atoms with E-state index in [0.717, 1.165) is 27.9 Å². The summed E-state index contributed by atoms with van der Waals surface area (Å²) < 4.78 is 11.7. The number of rotatable bonds is 7. The van der Waals surface area contributed by atoms with E-state index in [4.69, 9.17) is 14.4 Å². The number of furan rings is 1. The lowest BCUT2D eigenvalue weighted by molar-refractivity contribution is -0.117. The maximum absolute atomic E-state index is 11.2. The van der Waals surface area contributed by atoms with Crippen LogP contribution in [0.2, 0.25) is 0 Å². The van der Waals surface area contributed by atoms with Crippen LogP contribution in [0.3, 0.4) is 0 Å². The van der Waals surface area contributed by atoms with Crippen LogP contribution < -0.4 is 4.74 Å². The van der Waals surface area contributed by atoms with Gasteiger partial charge >= 0.3 is 0 Å². The number of ether oxygens (including phenoxy) is 1. The molecular weight excluding hydrogens is 368 g/mol. The number of carbonyl (C=O) groups is 1. The van der Waals surface area contributed by atoms with Gasteiger partial charge < -0.3 is 13.9 Å². The van der Waals surface area contributed by atoms with Gasteiger partial charge in [0.05, 0.1) is 0 Å². The molecule has 0 aliphatic carbocycles. The Balaban J connectivity index is 1.47. The molecule has 4 aromatic rings. The van der Waals surface area contributed by atoms with Gasteiger partial charge in [0.2, 0.25) is 0 Å². The van der Waals surface area contributed by atoms with Gasteiger partial charge in [-0.2, -0.15) is 15.6 Å². The Hall–Kier alpha value is -3.92. The minimum absolute atomic E-state index is 0.147. The van der Waals surface area contributed by atoms with Crippen molar-refractivity contribution in [1.82, 2.24) is 15.4 Å². The highest BCUT2D eigenvalue weighted by molar-refractivity contribution is 5.79. The van der Waals surface area contributed by atoms with Gasteiger partial charge in [0, 0.05) is 23.8 Å².